The van der Waals surface area contributed by atoms with E-state index in [1.54, 1.807) is 0 Å². The molecule has 130 valence electrons. The van der Waals surface area contributed by atoms with E-state index in [9.17, 15) is 34.8 Å². The van der Waals surface area contributed by atoms with Crippen molar-refractivity contribution in [3.8, 4) is 0 Å². The van der Waals surface area contributed by atoms with Gasteiger partial charge < -0.3 is 4.18 Å². The Morgan fingerprint density at radius 3 is 2.17 bits per heavy atom. The summed E-state index contributed by atoms with van der Waals surface area (Å²) in [6, 6.07) is 4.55. The third-order valence-electron chi connectivity index (χ3n) is 2.15. The van der Waals surface area contributed by atoms with Crippen molar-refractivity contribution in [3.63, 3.8) is 0 Å². The highest BCUT2D eigenvalue weighted by Crippen LogP contribution is 2.41. The van der Waals surface area contributed by atoms with Crippen molar-refractivity contribution >= 4 is 39.2 Å². The Kier molecular flexibility index (Phi) is 5.92. The number of hydrogen-bond donors (Lipinski definition) is 0. The molecule has 0 radical (unpaired) electrons. The first-order valence-electron chi connectivity index (χ1n) is 5.46. The molecule has 0 saturated carbocycles. The van der Waals surface area contributed by atoms with Crippen LogP contribution in [-0.2, 0) is 14.3 Å². The van der Waals surface area contributed by atoms with Gasteiger partial charge in [-0.1, -0.05) is 23.7 Å². The van der Waals surface area contributed by atoms with Crippen LogP contribution in [0.1, 0.15) is 12.5 Å². The van der Waals surface area contributed by atoms with Gasteiger partial charge in [0.15, 0.2) is 5.76 Å². The van der Waals surface area contributed by atoms with Crippen LogP contribution >= 0.6 is 23.4 Å². The molecule has 23 heavy (non-hydrogen) atoms. The Morgan fingerprint density at radius 1 is 1.17 bits per heavy atom. The minimum atomic E-state index is -6.14. The molecule has 0 spiro atoms. The van der Waals surface area contributed by atoms with Crippen LogP contribution in [0.4, 0.5) is 26.3 Å². The van der Waals surface area contributed by atoms with Crippen LogP contribution in [0, 0.1) is 0 Å². The predicted octanol–water partition coefficient (Wildman–Crippen LogP) is 5.15. The highest BCUT2D eigenvalue weighted by Gasteiger charge is 2.49. The zero-order valence-electron chi connectivity index (χ0n) is 11.0. The van der Waals surface area contributed by atoms with Gasteiger partial charge >= 0.3 is 21.1 Å². The summed E-state index contributed by atoms with van der Waals surface area (Å²) < 4.78 is 100. The fraction of sp³-hybridized carbons (Fsp3) is 0.273. The van der Waals surface area contributed by atoms with E-state index in [4.69, 9.17) is 11.6 Å². The molecule has 0 unspecified atom stereocenters. The molecular formula is C11H7ClF6O3S2. The van der Waals surface area contributed by atoms with Crippen LogP contribution in [-0.4, -0.2) is 19.4 Å². The van der Waals surface area contributed by atoms with Crippen LogP contribution in [0.25, 0.3) is 5.76 Å². The molecule has 1 aromatic carbocycles. The fourth-order valence-electron chi connectivity index (χ4n) is 1.32. The molecule has 0 aromatic heterocycles. The van der Waals surface area contributed by atoms with Crippen LogP contribution in [0.2, 0.25) is 5.02 Å². The summed E-state index contributed by atoms with van der Waals surface area (Å²) >= 11 is 4.81. The number of alkyl halides is 6. The van der Waals surface area contributed by atoms with Gasteiger partial charge in [-0.15, -0.1) is 0 Å². The predicted molar refractivity (Wildman–Crippen MR) is 73.8 cm³/mol. The molecule has 0 bridgehead atoms. The maximum atomic E-state index is 12.4. The van der Waals surface area contributed by atoms with Crippen molar-refractivity contribution < 1.29 is 38.9 Å². The van der Waals surface area contributed by atoms with Crippen molar-refractivity contribution in [1.29, 1.82) is 0 Å². The van der Waals surface area contributed by atoms with Gasteiger partial charge in [0, 0.05) is 15.5 Å². The van der Waals surface area contributed by atoms with Gasteiger partial charge in [-0.3, -0.25) is 0 Å². The van der Waals surface area contributed by atoms with Crippen molar-refractivity contribution in [2.75, 3.05) is 0 Å². The van der Waals surface area contributed by atoms with E-state index in [1.165, 1.54) is 12.1 Å². The smallest absolute Gasteiger partial charge is 0.375 e. The zero-order chi connectivity index (χ0) is 18.1. The molecule has 0 aliphatic carbocycles. The van der Waals surface area contributed by atoms with Crippen molar-refractivity contribution in [1.82, 2.24) is 0 Å². The van der Waals surface area contributed by atoms with Crippen LogP contribution in [0.15, 0.2) is 29.2 Å². The Labute approximate surface area is 136 Å². The van der Waals surface area contributed by atoms with E-state index in [1.807, 2.05) is 0 Å². The number of rotatable bonds is 4. The quantitative estimate of drug-likeness (QED) is 0.303. The standard InChI is InChI=1S/C11H7ClF6O3S2/c1-6(22-10(13,14)15)9(7-3-2-4-8(12)5-7)21-23(19,20)11(16,17)18/h2-5H,1H3/b9-6+. The molecule has 0 aliphatic heterocycles. The molecule has 0 aliphatic rings. The molecule has 12 heteroatoms. The van der Waals surface area contributed by atoms with E-state index in [2.05, 4.69) is 4.18 Å². The zero-order valence-corrected chi connectivity index (χ0v) is 13.4. The number of allylic oxidation sites excluding steroid dienone is 1. The summed E-state index contributed by atoms with van der Waals surface area (Å²) in [7, 11) is -6.14. The van der Waals surface area contributed by atoms with E-state index in [0.29, 0.717) is 0 Å². The second-order valence-corrected chi connectivity index (χ2v) is 7.18. The van der Waals surface area contributed by atoms with Crippen LogP contribution < -0.4 is 0 Å². The molecule has 1 rings (SSSR count). The van der Waals surface area contributed by atoms with Crippen molar-refractivity contribution in [2.45, 2.75) is 17.9 Å². The molecule has 0 heterocycles. The molecule has 0 N–H and O–H groups in total. The lowest BCUT2D eigenvalue weighted by Crippen LogP contribution is -2.25. The summed E-state index contributed by atoms with van der Waals surface area (Å²) in [4.78, 5) is -0.826. The van der Waals surface area contributed by atoms with Crippen LogP contribution in [0.3, 0.4) is 0 Å². The lowest BCUT2D eigenvalue weighted by Gasteiger charge is -2.16. The van der Waals surface area contributed by atoms with Gasteiger partial charge in [0.25, 0.3) is 0 Å². The Morgan fingerprint density at radius 2 is 1.74 bits per heavy atom. The summed E-state index contributed by atoms with van der Waals surface area (Å²) in [5, 5.41) is -0.0298. The van der Waals surface area contributed by atoms with Gasteiger partial charge in [0.1, 0.15) is 0 Å². The summed E-state index contributed by atoms with van der Waals surface area (Å²) in [5.41, 5.74) is -11.0. The minimum Gasteiger partial charge on any atom is -0.375 e. The highest BCUT2D eigenvalue weighted by molar-refractivity contribution is 8.04. The average molecular weight is 401 g/mol. The van der Waals surface area contributed by atoms with E-state index in [0.717, 1.165) is 19.1 Å². The molecule has 0 atom stereocenters. The van der Waals surface area contributed by atoms with E-state index in [-0.39, 0.29) is 10.6 Å². The van der Waals surface area contributed by atoms with E-state index < -0.39 is 43.6 Å². The number of halogens is 7. The summed E-state index contributed by atoms with van der Waals surface area (Å²) in [6.45, 7) is 0.778. The highest BCUT2D eigenvalue weighted by atomic mass is 35.5. The average Bonchev–Trinajstić information content (AvgIpc) is 2.32. The van der Waals surface area contributed by atoms with Gasteiger partial charge in [0.05, 0.1) is 0 Å². The lowest BCUT2D eigenvalue weighted by molar-refractivity contribution is -0.0509. The Balaban J connectivity index is 3.42. The first kappa shape index (κ1) is 20.0. The van der Waals surface area contributed by atoms with Gasteiger partial charge in [0.2, 0.25) is 0 Å². The van der Waals surface area contributed by atoms with E-state index >= 15 is 0 Å². The largest absolute Gasteiger partial charge is 0.534 e. The summed E-state index contributed by atoms with van der Waals surface area (Å²) in [5.74, 6) is -1.10. The fourth-order valence-corrected chi connectivity index (χ4v) is 2.69. The normalized spacial score (nSPS) is 14.4. The van der Waals surface area contributed by atoms with Gasteiger partial charge in [-0.25, -0.2) is 0 Å². The van der Waals surface area contributed by atoms with Gasteiger partial charge in [-0.05, 0) is 30.8 Å². The van der Waals surface area contributed by atoms with Crippen molar-refractivity contribution in [2.24, 2.45) is 0 Å². The van der Waals surface area contributed by atoms with Crippen LogP contribution in [0.5, 0.6) is 0 Å². The summed E-state index contributed by atoms with van der Waals surface area (Å²) in [6.07, 6.45) is 0. The maximum absolute atomic E-state index is 12.4. The molecule has 0 saturated heterocycles. The minimum absolute atomic E-state index is 0.0298. The van der Waals surface area contributed by atoms with Gasteiger partial charge in [-0.2, -0.15) is 34.8 Å². The molecule has 0 amide bonds. The SMILES string of the molecule is C/C(SC(F)(F)F)=C(\OS(=O)(=O)C(F)(F)F)c1cccc(Cl)c1. The second kappa shape index (κ2) is 6.81. The number of hydrogen-bond acceptors (Lipinski definition) is 4. The lowest BCUT2D eigenvalue weighted by atomic mass is 10.2. The second-order valence-electron chi connectivity index (χ2n) is 3.93. The monoisotopic (exact) mass is 400 g/mol. The third-order valence-corrected chi connectivity index (χ3v) is 4.06. The third kappa shape index (κ3) is 5.81. The maximum Gasteiger partial charge on any atom is 0.534 e. The topological polar surface area (TPSA) is 43.4 Å². The molecule has 1 aromatic rings. The molecular weight excluding hydrogens is 394 g/mol. The van der Waals surface area contributed by atoms with Crippen molar-refractivity contribution in [3.05, 3.63) is 39.8 Å². The molecule has 3 nitrogen and oxygen atoms in total. The first-order chi connectivity index (χ1) is 10.2. The first-order valence-corrected chi connectivity index (χ1v) is 8.06. The Hall–Kier alpha value is -1.07. The number of thioether (sulfide) groups is 1. The molecule has 0 fully saturated rings. The Bertz CT molecular complexity index is 709. The number of benzene rings is 1.